The lowest BCUT2D eigenvalue weighted by atomic mass is 9.81. The summed E-state index contributed by atoms with van der Waals surface area (Å²) < 4.78 is 0. The third kappa shape index (κ3) is 1.79. The van der Waals surface area contributed by atoms with Gasteiger partial charge < -0.3 is 5.11 Å². The molecule has 1 aromatic carbocycles. The lowest BCUT2D eigenvalue weighted by molar-refractivity contribution is 0.473. The van der Waals surface area contributed by atoms with Crippen LogP contribution in [0.1, 0.15) is 55.7 Å². The lowest BCUT2D eigenvalue weighted by Crippen LogP contribution is -2.06. The standard InChI is InChI=1S/C14H18O/c1-9(2)13-8-12(15)7-11-6-4-5-10(3)14(11)13/h4,6-10,15H,5H2,1-3H3. The number of hydrogen-bond acceptors (Lipinski definition) is 1. The summed E-state index contributed by atoms with van der Waals surface area (Å²) in [6.45, 7) is 6.62. The Labute approximate surface area is 91.4 Å². The van der Waals surface area contributed by atoms with Gasteiger partial charge in [0.25, 0.3) is 0 Å². The van der Waals surface area contributed by atoms with Gasteiger partial charge in [0, 0.05) is 0 Å². The highest BCUT2D eigenvalue weighted by molar-refractivity contribution is 5.62. The summed E-state index contributed by atoms with van der Waals surface area (Å²) in [5, 5.41) is 9.67. The fourth-order valence-corrected chi connectivity index (χ4v) is 2.38. The van der Waals surface area contributed by atoms with Gasteiger partial charge in [-0.1, -0.05) is 32.9 Å². The zero-order chi connectivity index (χ0) is 11.0. The van der Waals surface area contributed by atoms with E-state index in [9.17, 15) is 5.11 Å². The van der Waals surface area contributed by atoms with Crippen LogP contribution in [0.3, 0.4) is 0 Å². The van der Waals surface area contributed by atoms with Crippen molar-refractivity contribution in [2.75, 3.05) is 0 Å². The van der Waals surface area contributed by atoms with Gasteiger partial charge in [-0.3, -0.25) is 0 Å². The van der Waals surface area contributed by atoms with Crippen LogP contribution in [0.15, 0.2) is 18.2 Å². The van der Waals surface area contributed by atoms with Gasteiger partial charge >= 0.3 is 0 Å². The van der Waals surface area contributed by atoms with E-state index in [1.54, 1.807) is 0 Å². The van der Waals surface area contributed by atoms with Gasteiger partial charge in [-0.05, 0) is 47.1 Å². The molecule has 0 spiro atoms. The molecule has 1 heteroatoms. The molecule has 0 radical (unpaired) electrons. The number of phenols is 1. The quantitative estimate of drug-likeness (QED) is 0.728. The fourth-order valence-electron chi connectivity index (χ4n) is 2.38. The van der Waals surface area contributed by atoms with Crippen molar-refractivity contribution in [2.24, 2.45) is 0 Å². The average molecular weight is 202 g/mol. The monoisotopic (exact) mass is 202 g/mol. The molecule has 1 N–H and O–H groups in total. The van der Waals surface area contributed by atoms with Crippen LogP contribution >= 0.6 is 0 Å². The third-order valence-corrected chi connectivity index (χ3v) is 3.13. The van der Waals surface area contributed by atoms with Crippen molar-refractivity contribution in [3.63, 3.8) is 0 Å². The van der Waals surface area contributed by atoms with E-state index in [0.29, 0.717) is 17.6 Å². The normalized spacial score (nSPS) is 19.3. The first kappa shape index (κ1) is 10.3. The Morgan fingerprint density at radius 2 is 2.07 bits per heavy atom. The molecule has 0 heterocycles. The molecule has 1 aliphatic carbocycles. The molecule has 0 aliphatic heterocycles. The first-order valence-corrected chi connectivity index (χ1v) is 5.63. The Morgan fingerprint density at radius 1 is 1.33 bits per heavy atom. The van der Waals surface area contributed by atoms with Crippen LogP contribution in [0.4, 0.5) is 0 Å². The van der Waals surface area contributed by atoms with Crippen LogP contribution in [-0.2, 0) is 0 Å². The number of fused-ring (bicyclic) bond motifs is 1. The summed E-state index contributed by atoms with van der Waals surface area (Å²) >= 11 is 0. The largest absolute Gasteiger partial charge is 0.508 e. The van der Waals surface area contributed by atoms with Gasteiger partial charge in [0.05, 0.1) is 0 Å². The molecular weight excluding hydrogens is 184 g/mol. The topological polar surface area (TPSA) is 20.2 Å². The minimum Gasteiger partial charge on any atom is -0.508 e. The molecule has 0 saturated heterocycles. The van der Waals surface area contributed by atoms with Crippen LogP contribution in [0, 0.1) is 0 Å². The van der Waals surface area contributed by atoms with E-state index in [2.05, 4.69) is 32.9 Å². The molecule has 0 fully saturated rings. The summed E-state index contributed by atoms with van der Waals surface area (Å²) in [6, 6.07) is 3.78. The van der Waals surface area contributed by atoms with Crippen molar-refractivity contribution < 1.29 is 5.11 Å². The summed E-state index contributed by atoms with van der Waals surface area (Å²) in [4.78, 5) is 0. The summed E-state index contributed by atoms with van der Waals surface area (Å²) in [6.07, 6.45) is 5.43. The van der Waals surface area contributed by atoms with Crippen LogP contribution in [0.2, 0.25) is 0 Å². The lowest BCUT2D eigenvalue weighted by Gasteiger charge is -2.23. The van der Waals surface area contributed by atoms with Gasteiger partial charge in [-0.25, -0.2) is 0 Å². The molecule has 80 valence electrons. The Bertz CT molecular complexity index is 402. The summed E-state index contributed by atoms with van der Waals surface area (Å²) in [7, 11) is 0. The van der Waals surface area contributed by atoms with Crippen molar-refractivity contribution in [2.45, 2.75) is 39.0 Å². The summed E-state index contributed by atoms with van der Waals surface area (Å²) in [5.74, 6) is 1.43. The smallest absolute Gasteiger partial charge is 0.116 e. The number of allylic oxidation sites excluding steroid dienone is 1. The molecule has 15 heavy (non-hydrogen) atoms. The van der Waals surface area contributed by atoms with Crippen LogP contribution in [-0.4, -0.2) is 5.11 Å². The third-order valence-electron chi connectivity index (χ3n) is 3.13. The van der Waals surface area contributed by atoms with E-state index in [1.807, 2.05) is 12.1 Å². The first-order chi connectivity index (χ1) is 7.09. The van der Waals surface area contributed by atoms with E-state index in [1.165, 1.54) is 16.7 Å². The molecule has 1 aromatic rings. The Morgan fingerprint density at radius 3 is 2.73 bits per heavy atom. The SMILES string of the molecule is CC(C)c1cc(O)cc2c1C(C)CC=C2. The highest BCUT2D eigenvalue weighted by Gasteiger charge is 2.19. The molecule has 0 aromatic heterocycles. The highest BCUT2D eigenvalue weighted by Crippen LogP contribution is 2.37. The number of hydrogen-bond donors (Lipinski definition) is 1. The zero-order valence-corrected chi connectivity index (χ0v) is 9.62. The predicted molar refractivity (Wildman–Crippen MR) is 64.3 cm³/mol. The maximum Gasteiger partial charge on any atom is 0.116 e. The van der Waals surface area contributed by atoms with Crippen LogP contribution in [0.25, 0.3) is 6.08 Å². The highest BCUT2D eigenvalue weighted by atomic mass is 16.3. The molecule has 2 rings (SSSR count). The number of phenolic OH excluding ortho intramolecular Hbond substituents is 1. The van der Waals surface area contributed by atoms with Gasteiger partial charge in [-0.15, -0.1) is 0 Å². The molecule has 0 amide bonds. The van der Waals surface area contributed by atoms with Crippen LogP contribution < -0.4 is 0 Å². The second-order valence-corrected chi connectivity index (χ2v) is 4.73. The molecule has 1 nitrogen and oxygen atoms in total. The number of benzene rings is 1. The van der Waals surface area contributed by atoms with Gasteiger partial charge in [-0.2, -0.15) is 0 Å². The summed E-state index contributed by atoms with van der Waals surface area (Å²) in [5.41, 5.74) is 3.91. The number of rotatable bonds is 1. The van der Waals surface area contributed by atoms with Crippen molar-refractivity contribution in [3.8, 4) is 5.75 Å². The molecule has 1 aliphatic rings. The predicted octanol–water partition coefficient (Wildman–Crippen LogP) is 4.04. The van der Waals surface area contributed by atoms with E-state index in [-0.39, 0.29) is 0 Å². The Kier molecular flexibility index (Phi) is 2.56. The van der Waals surface area contributed by atoms with E-state index < -0.39 is 0 Å². The van der Waals surface area contributed by atoms with Crippen molar-refractivity contribution in [1.82, 2.24) is 0 Å². The maximum atomic E-state index is 9.67. The second-order valence-electron chi connectivity index (χ2n) is 4.73. The average Bonchev–Trinajstić information content (AvgIpc) is 2.16. The fraction of sp³-hybridized carbons (Fsp3) is 0.429. The van der Waals surface area contributed by atoms with E-state index in [4.69, 9.17) is 0 Å². The van der Waals surface area contributed by atoms with Gasteiger partial charge in [0.1, 0.15) is 5.75 Å². The second kappa shape index (κ2) is 3.73. The van der Waals surface area contributed by atoms with E-state index >= 15 is 0 Å². The minimum absolute atomic E-state index is 0.385. The minimum atomic E-state index is 0.385. The van der Waals surface area contributed by atoms with Crippen LogP contribution in [0.5, 0.6) is 5.75 Å². The molecule has 1 atom stereocenters. The first-order valence-electron chi connectivity index (χ1n) is 5.63. The van der Waals surface area contributed by atoms with Crippen molar-refractivity contribution in [1.29, 1.82) is 0 Å². The molecule has 0 saturated carbocycles. The number of aromatic hydroxyl groups is 1. The molecular formula is C14H18O. The van der Waals surface area contributed by atoms with Crippen molar-refractivity contribution in [3.05, 3.63) is 34.9 Å². The molecule has 0 bridgehead atoms. The van der Waals surface area contributed by atoms with Crippen molar-refractivity contribution >= 4 is 6.08 Å². The molecule has 1 unspecified atom stereocenters. The maximum absolute atomic E-state index is 9.67. The van der Waals surface area contributed by atoms with Gasteiger partial charge in [0.2, 0.25) is 0 Å². The Balaban J connectivity index is 2.64. The zero-order valence-electron chi connectivity index (χ0n) is 9.62. The van der Waals surface area contributed by atoms with E-state index in [0.717, 1.165) is 6.42 Å². The Hall–Kier alpha value is -1.24. The van der Waals surface area contributed by atoms with Gasteiger partial charge in [0.15, 0.2) is 0 Å².